The third-order valence-corrected chi connectivity index (χ3v) is 3.46. The summed E-state index contributed by atoms with van der Waals surface area (Å²) in [6.07, 6.45) is 1.19. The van der Waals surface area contributed by atoms with Crippen molar-refractivity contribution < 1.29 is 0 Å². The van der Waals surface area contributed by atoms with Gasteiger partial charge in [-0.25, -0.2) is 0 Å². The molecule has 0 bridgehead atoms. The van der Waals surface area contributed by atoms with Crippen LogP contribution in [-0.2, 0) is 0 Å². The molecule has 1 nitrogen and oxygen atoms in total. The molecule has 0 amide bonds. The van der Waals surface area contributed by atoms with Crippen molar-refractivity contribution in [1.29, 1.82) is 0 Å². The van der Waals surface area contributed by atoms with Crippen LogP contribution in [0.4, 0.5) is 0 Å². The Balaban J connectivity index is 2.62. The van der Waals surface area contributed by atoms with Crippen LogP contribution in [0.25, 0.3) is 0 Å². The molecule has 2 unspecified atom stereocenters. The van der Waals surface area contributed by atoms with Crippen LogP contribution >= 0.6 is 23.2 Å². The quantitative estimate of drug-likeness (QED) is 0.809. The van der Waals surface area contributed by atoms with Crippen molar-refractivity contribution in [2.24, 2.45) is 5.92 Å². The van der Waals surface area contributed by atoms with Gasteiger partial charge in [0.2, 0.25) is 0 Å². The number of hydrogen-bond acceptors (Lipinski definition) is 1. The standard InChI is InChI=1S/C13H19Cl2N/c1-4-9(2)8-16-10(3)12-6-5-11(14)7-13(12)15/h5-7,9-10,16H,4,8H2,1-3H3. The van der Waals surface area contributed by atoms with Gasteiger partial charge in [-0.2, -0.15) is 0 Å². The molecule has 0 aliphatic carbocycles. The molecule has 1 aromatic rings. The number of benzene rings is 1. The minimum Gasteiger partial charge on any atom is -0.310 e. The van der Waals surface area contributed by atoms with Gasteiger partial charge in [0.1, 0.15) is 0 Å². The number of halogens is 2. The normalized spacial score (nSPS) is 14.8. The smallest absolute Gasteiger partial charge is 0.0468 e. The average Bonchev–Trinajstić information content (AvgIpc) is 2.25. The van der Waals surface area contributed by atoms with Gasteiger partial charge in [-0.1, -0.05) is 49.5 Å². The fourth-order valence-electron chi connectivity index (χ4n) is 1.48. The summed E-state index contributed by atoms with van der Waals surface area (Å²) < 4.78 is 0. The van der Waals surface area contributed by atoms with E-state index in [1.807, 2.05) is 12.1 Å². The molecule has 0 aromatic heterocycles. The molecule has 0 saturated carbocycles. The van der Waals surface area contributed by atoms with Crippen LogP contribution in [0.1, 0.15) is 38.8 Å². The zero-order valence-electron chi connectivity index (χ0n) is 10.1. The van der Waals surface area contributed by atoms with Crippen molar-refractivity contribution >= 4 is 23.2 Å². The molecule has 1 rings (SSSR count). The Morgan fingerprint density at radius 2 is 1.94 bits per heavy atom. The summed E-state index contributed by atoms with van der Waals surface area (Å²) in [5.74, 6) is 0.688. The Morgan fingerprint density at radius 3 is 2.50 bits per heavy atom. The maximum atomic E-state index is 6.15. The second-order valence-electron chi connectivity index (χ2n) is 4.31. The molecule has 3 heteroatoms. The van der Waals surface area contributed by atoms with E-state index in [4.69, 9.17) is 23.2 Å². The van der Waals surface area contributed by atoms with Crippen LogP contribution in [0.5, 0.6) is 0 Å². The maximum absolute atomic E-state index is 6.15. The predicted molar refractivity (Wildman–Crippen MR) is 72.3 cm³/mol. The Morgan fingerprint density at radius 1 is 1.25 bits per heavy atom. The molecule has 90 valence electrons. The molecule has 1 N–H and O–H groups in total. The molecule has 1 aromatic carbocycles. The van der Waals surface area contributed by atoms with E-state index in [0.29, 0.717) is 10.9 Å². The summed E-state index contributed by atoms with van der Waals surface area (Å²) in [5.41, 5.74) is 1.11. The van der Waals surface area contributed by atoms with E-state index < -0.39 is 0 Å². The van der Waals surface area contributed by atoms with Gasteiger partial charge in [0.05, 0.1) is 0 Å². The topological polar surface area (TPSA) is 12.0 Å². The molecule has 0 aliphatic rings. The van der Waals surface area contributed by atoms with Crippen molar-refractivity contribution in [2.75, 3.05) is 6.54 Å². The molecule has 16 heavy (non-hydrogen) atoms. The van der Waals surface area contributed by atoms with Gasteiger partial charge >= 0.3 is 0 Å². The lowest BCUT2D eigenvalue weighted by molar-refractivity contribution is 0.461. The SMILES string of the molecule is CCC(C)CNC(C)c1ccc(Cl)cc1Cl. The highest BCUT2D eigenvalue weighted by molar-refractivity contribution is 6.35. The Bertz CT molecular complexity index is 339. The van der Waals surface area contributed by atoms with E-state index in [1.54, 1.807) is 6.07 Å². The lowest BCUT2D eigenvalue weighted by atomic mass is 10.1. The number of hydrogen-bond donors (Lipinski definition) is 1. The summed E-state index contributed by atoms with van der Waals surface area (Å²) in [4.78, 5) is 0. The van der Waals surface area contributed by atoms with E-state index in [-0.39, 0.29) is 6.04 Å². The fraction of sp³-hybridized carbons (Fsp3) is 0.538. The van der Waals surface area contributed by atoms with Gasteiger partial charge in [-0.05, 0) is 37.1 Å². The van der Waals surface area contributed by atoms with Crippen molar-refractivity contribution in [1.82, 2.24) is 5.32 Å². The van der Waals surface area contributed by atoms with Crippen LogP contribution in [0.2, 0.25) is 10.0 Å². The highest BCUT2D eigenvalue weighted by Gasteiger charge is 2.10. The van der Waals surface area contributed by atoms with Crippen LogP contribution in [0.3, 0.4) is 0 Å². The van der Waals surface area contributed by atoms with Crippen molar-refractivity contribution in [2.45, 2.75) is 33.2 Å². The van der Waals surface area contributed by atoms with Gasteiger partial charge in [-0.3, -0.25) is 0 Å². The van der Waals surface area contributed by atoms with Crippen LogP contribution in [-0.4, -0.2) is 6.54 Å². The zero-order valence-corrected chi connectivity index (χ0v) is 11.6. The highest BCUT2D eigenvalue weighted by Crippen LogP contribution is 2.26. The minimum absolute atomic E-state index is 0.263. The van der Waals surface area contributed by atoms with Gasteiger partial charge in [0.25, 0.3) is 0 Å². The number of rotatable bonds is 5. The third kappa shape index (κ3) is 3.97. The summed E-state index contributed by atoms with van der Waals surface area (Å²) in [7, 11) is 0. The third-order valence-electron chi connectivity index (χ3n) is 2.90. The van der Waals surface area contributed by atoms with E-state index >= 15 is 0 Å². The first kappa shape index (κ1) is 13.8. The first-order valence-corrected chi connectivity index (χ1v) is 6.48. The lowest BCUT2D eigenvalue weighted by Gasteiger charge is -2.18. The fourth-order valence-corrected chi connectivity index (χ4v) is 2.06. The van der Waals surface area contributed by atoms with E-state index in [0.717, 1.165) is 17.1 Å². The van der Waals surface area contributed by atoms with Crippen molar-refractivity contribution in [3.63, 3.8) is 0 Å². The van der Waals surface area contributed by atoms with E-state index in [9.17, 15) is 0 Å². The largest absolute Gasteiger partial charge is 0.310 e. The minimum atomic E-state index is 0.263. The first-order chi connectivity index (χ1) is 7.54. The monoisotopic (exact) mass is 259 g/mol. The second-order valence-corrected chi connectivity index (χ2v) is 5.15. The Labute approximate surface area is 108 Å². The highest BCUT2D eigenvalue weighted by atomic mass is 35.5. The maximum Gasteiger partial charge on any atom is 0.0468 e. The van der Waals surface area contributed by atoms with E-state index in [1.165, 1.54) is 6.42 Å². The lowest BCUT2D eigenvalue weighted by Crippen LogP contribution is -2.24. The summed E-state index contributed by atoms with van der Waals surface area (Å²) in [5, 5.41) is 4.90. The summed E-state index contributed by atoms with van der Waals surface area (Å²) in [6, 6.07) is 5.92. The van der Waals surface area contributed by atoms with E-state index in [2.05, 4.69) is 26.1 Å². The predicted octanol–water partition coefficient (Wildman–Crippen LogP) is 4.69. The molecule has 0 fully saturated rings. The molecule has 0 saturated heterocycles. The molecule has 0 radical (unpaired) electrons. The van der Waals surface area contributed by atoms with Crippen molar-refractivity contribution in [3.8, 4) is 0 Å². The molecule has 0 aliphatic heterocycles. The van der Waals surface area contributed by atoms with Crippen LogP contribution in [0, 0.1) is 5.92 Å². The van der Waals surface area contributed by atoms with Gasteiger partial charge in [-0.15, -0.1) is 0 Å². The summed E-state index contributed by atoms with van der Waals surface area (Å²) >= 11 is 12.0. The average molecular weight is 260 g/mol. The van der Waals surface area contributed by atoms with Crippen LogP contribution in [0.15, 0.2) is 18.2 Å². The van der Waals surface area contributed by atoms with Gasteiger partial charge < -0.3 is 5.32 Å². The number of nitrogens with one attached hydrogen (secondary N) is 1. The molecular formula is C13H19Cl2N. The Hall–Kier alpha value is -0.240. The first-order valence-electron chi connectivity index (χ1n) is 5.73. The van der Waals surface area contributed by atoms with Gasteiger partial charge in [0, 0.05) is 16.1 Å². The molecule has 0 heterocycles. The zero-order chi connectivity index (χ0) is 12.1. The Kier molecular flexibility index (Phi) is 5.60. The molecule has 2 atom stereocenters. The van der Waals surface area contributed by atoms with Gasteiger partial charge in [0.15, 0.2) is 0 Å². The van der Waals surface area contributed by atoms with Crippen LogP contribution < -0.4 is 5.32 Å². The van der Waals surface area contributed by atoms with Crippen molar-refractivity contribution in [3.05, 3.63) is 33.8 Å². The molecular weight excluding hydrogens is 241 g/mol. The summed E-state index contributed by atoms with van der Waals surface area (Å²) in [6.45, 7) is 7.57. The molecule has 0 spiro atoms. The second kappa shape index (κ2) is 6.48.